The van der Waals surface area contributed by atoms with Crippen molar-refractivity contribution in [2.45, 2.75) is 13.3 Å². The number of anilines is 1. The van der Waals surface area contributed by atoms with E-state index in [1.54, 1.807) is 12.1 Å². The first-order valence-corrected chi connectivity index (χ1v) is 5.01. The molecule has 1 aromatic rings. The van der Waals surface area contributed by atoms with E-state index in [1.807, 2.05) is 6.07 Å². The Kier molecular flexibility index (Phi) is 5.50. The molecule has 15 heavy (non-hydrogen) atoms. The Bertz CT molecular complexity index is 281. The highest BCUT2D eigenvalue weighted by molar-refractivity contribution is 5.35. The fourth-order valence-electron chi connectivity index (χ4n) is 1.03. The number of aromatic nitrogens is 1. The Labute approximate surface area is 89.6 Å². The lowest BCUT2D eigenvalue weighted by Gasteiger charge is -2.06. The average molecular weight is 211 g/mol. The lowest BCUT2D eigenvalue weighted by Crippen LogP contribution is -2.11. The highest BCUT2D eigenvalue weighted by Gasteiger charge is 1.96. The zero-order chi connectivity index (χ0) is 10.9. The first kappa shape index (κ1) is 11.7. The van der Waals surface area contributed by atoms with Crippen LogP contribution in [0.1, 0.15) is 13.3 Å². The summed E-state index contributed by atoms with van der Waals surface area (Å²) in [5.41, 5.74) is 2.46. The molecule has 3 N–H and O–H groups in total. The zero-order valence-corrected chi connectivity index (χ0v) is 8.90. The Balaban J connectivity index is 2.24. The standard InChI is InChI=1S/C10H17N3O2/c1-2-6-14-7-8-15-10-5-3-4-9(12-10)13-11/h3-5H,2,6-8,11H2,1H3,(H,12,13). The summed E-state index contributed by atoms with van der Waals surface area (Å²) in [5.74, 6) is 6.35. The third kappa shape index (κ3) is 4.62. The normalized spacial score (nSPS) is 10.0. The molecule has 0 fully saturated rings. The van der Waals surface area contributed by atoms with E-state index in [0.717, 1.165) is 13.0 Å². The number of nitrogens with two attached hydrogens (primary N) is 1. The summed E-state index contributed by atoms with van der Waals surface area (Å²) in [6, 6.07) is 5.37. The number of nitrogens with one attached hydrogen (secondary N) is 1. The summed E-state index contributed by atoms with van der Waals surface area (Å²) < 4.78 is 10.6. The van der Waals surface area contributed by atoms with Crippen molar-refractivity contribution in [1.82, 2.24) is 4.98 Å². The van der Waals surface area contributed by atoms with Gasteiger partial charge in [-0.1, -0.05) is 13.0 Å². The van der Waals surface area contributed by atoms with Crippen LogP contribution >= 0.6 is 0 Å². The predicted molar refractivity (Wildman–Crippen MR) is 58.7 cm³/mol. The second-order valence-electron chi connectivity index (χ2n) is 2.97. The SMILES string of the molecule is CCCOCCOc1cccc(NN)n1. The lowest BCUT2D eigenvalue weighted by molar-refractivity contribution is 0.0991. The number of hydrogen-bond donors (Lipinski definition) is 2. The molecule has 0 saturated carbocycles. The summed E-state index contributed by atoms with van der Waals surface area (Å²) in [6.45, 7) is 3.91. The topological polar surface area (TPSA) is 69.4 Å². The Morgan fingerprint density at radius 1 is 1.33 bits per heavy atom. The van der Waals surface area contributed by atoms with Gasteiger partial charge in [0.2, 0.25) is 5.88 Å². The van der Waals surface area contributed by atoms with Crippen molar-refractivity contribution < 1.29 is 9.47 Å². The molecule has 0 bridgehead atoms. The molecule has 1 heterocycles. The summed E-state index contributed by atoms with van der Waals surface area (Å²) >= 11 is 0. The smallest absolute Gasteiger partial charge is 0.215 e. The van der Waals surface area contributed by atoms with E-state index in [4.69, 9.17) is 15.3 Å². The largest absolute Gasteiger partial charge is 0.475 e. The first-order chi connectivity index (χ1) is 7.36. The Hall–Kier alpha value is -1.33. The molecule has 84 valence electrons. The average Bonchev–Trinajstić information content (AvgIpc) is 2.29. The van der Waals surface area contributed by atoms with Crippen molar-refractivity contribution in [2.24, 2.45) is 5.84 Å². The van der Waals surface area contributed by atoms with E-state index in [-0.39, 0.29) is 0 Å². The van der Waals surface area contributed by atoms with Crippen LogP contribution in [0.15, 0.2) is 18.2 Å². The van der Waals surface area contributed by atoms with Crippen LogP contribution in [0.4, 0.5) is 5.82 Å². The van der Waals surface area contributed by atoms with Gasteiger partial charge in [-0.05, 0) is 12.5 Å². The fraction of sp³-hybridized carbons (Fsp3) is 0.500. The minimum Gasteiger partial charge on any atom is -0.475 e. The molecule has 0 radical (unpaired) electrons. The molecule has 0 aliphatic rings. The third-order valence-corrected chi connectivity index (χ3v) is 1.70. The number of pyridine rings is 1. The molecule has 1 aromatic heterocycles. The van der Waals surface area contributed by atoms with E-state index in [1.165, 1.54) is 0 Å². The zero-order valence-electron chi connectivity index (χ0n) is 8.90. The van der Waals surface area contributed by atoms with Crippen molar-refractivity contribution in [3.05, 3.63) is 18.2 Å². The van der Waals surface area contributed by atoms with Gasteiger partial charge in [-0.3, -0.25) is 0 Å². The maximum absolute atomic E-state index is 5.36. The molecular formula is C10H17N3O2. The quantitative estimate of drug-likeness (QED) is 0.402. The minimum atomic E-state index is 0.501. The highest BCUT2D eigenvalue weighted by atomic mass is 16.5. The molecule has 0 spiro atoms. The number of hydrazine groups is 1. The van der Waals surface area contributed by atoms with E-state index >= 15 is 0 Å². The van der Waals surface area contributed by atoms with Crippen LogP contribution in [0.25, 0.3) is 0 Å². The molecule has 5 nitrogen and oxygen atoms in total. The van der Waals surface area contributed by atoms with Crippen LogP contribution in [0, 0.1) is 0 Å². The van der Waals surface area contributed by atoms with E-state index in [2.05, 4.69) is 17.3 Å². The van der Waals surface area contributed by atoms with Crippen molar-refractivity contribution >= 4 is 5.82 Å². The maximum Gasteiger partial charge on any atom is 0.215 e. The van der Waals surface area contributed by atoms with Gasteiger partial charge in [0.1, 0.15) is 12.4 Å². The molecule has 0 aromatic carbocycles. The number of nitrogens with zero attached hydrogens (tertiary/aromatic N) is 1. The Morgan fingerprint density at radius 3 is 2.93 bits per heavy atom. The molecule has 5 heteroatoms. The highest BCUT2D eigenvalue weighted by Crippen LogP contribution is 2.09. The predicted octanol–water partition coefficient (Wildman–Crippen LogP) is 1.17. The van der Waals surface area contributed by atoms with Gasteiger partial charge in [-0.2, -0.15) is 4.98 Å². The molecule has 0 saturated heterocycles. The summed E-state index contributed by atoms with van der Waals surface area (Å²) in [4.78, 5) is 4.10. The van der Waals surface area contributed by atoms with Crippen LogP contribution in [-0.4, -0.2) is 24.8 Å². The van der Waals surface area contributed by atoms with Crippen LogP contribution in [0.5, 0.6) is 5.88 Å². The van der Waals surface area contributed by atoms with E-state index < -0.39 is 0 Å². The number of nitrogen functional groups attached to an aromatic ring is 1. The first-order valence-electron chi connectivity index (χ1n) is 5.01. The minimum absolute atomic E-state index is 0.501. The molecular weight excluding hydrogens is 194 g/mol. The molecule has 0 aliphatic heterocycles. The van der Waals surface area contributed by atoms with Gasteiger partial charge >= 0.3 is 0 Å². The molecule has 0 atom stereocenters. The van der Waals surface area contributed by atoms with Gasteiger partial charge in [-0.15, -0.1) is 0 Å². The molecule has 0 unspecified atom stereocenters. The summed E-state index contributed by atoms with van der Waals surface area (Å²) in [7, 11) is 0. The molecule has 0 aliphatic carbocycles. The lowest BCUT2D eigenvalue weighted by atomic mass is 10.4. The van der Waals surface area contributed by atoms with Gasteiger partial charge in [0, 0.05) is 12.7 Å². The second-order valence-corrected chi connectivity index (χ2v) is 2.97. The van der Waals surface area contributed by atoms with Gasteiger partial charge in [0.05, 0.1) is 6.61 Å². The van der Waals surface area contributed by atoms with Crippen LogP contribution in [-0.2, 0) is 4.74 Å². The van der Waals surface area contributed by atoms with Gasteiger partial charge in [-0.25, -0.2) is 5.84 Å². The maximum atomic E-state index is 5.36. The van der Waals surface area contributed by atoms with Crippen molar-refractivity contribution in [2.75, 3.05) is 25.2 Å². The second kappa shape index (κ2) is 7.03. The van der Waals surface area contributed by atoms with E-state index in [0.29, 0.717) is 24.9 Å². The van der Waals surface area contributed by atoms with E-state index in [9.17, 15) is 0 Å². The Morgan fingerprint density at radius 2 is 2.20 bits per heavy atom. The van der Waals surface area contributed by atoms with Gasteiger partial charge in [0.25, 0.3) is 0 Å². The van der Waals surface area contributed by atoms with Crippen LogP contribution in [0.3, 0.4) is 0 Å². The summed E-state index contributed by atoms with van der Waals surface area (Å²) in [6.07, 6.45) is 1.02. The van der Waals surface area contributed by atoms with Crippen molar-refractivity contribution in [1.29, 1.82) is 0 Å². The monoisotopic (exact) mass is 211 g/mol. The van der Waals surface area contributed by atoms with Crippen molar-refractivity contribution in [3.8, 4) is 5.88 Å². The summed E-state index contributed by atoms with van der Waals surface area (Å²) in [5, 5.41) is 0. The number of hydrogen-bond acceptors (Lipinski definition) is 5. The number of ether oxygens (including phenoxy) is 2. The van der Waals surface area contributed by atoms with Gasteiger partial charge < -0.3 is 14.9 Å². The molecule has 0 amide bonds. The number of rotatable bonds is 7. The third-order valence-electron chi connectivity index (χ3n) is 1.70. The van der Waals surface area contributed by atoms with Gasteiger partial charge in [0.15, 0.2) is 0 Å². The van der Waals surface area contributed by atoms with Crippen LogP contribution < -0.4 is 16.0 Å². The van der Waals surface area contributed by atoms with Crippen LogP contribution in [0.2, 0.25) is 0 Å². The fourth-order valence-corrected chi connectivity index (χ4v) is 1.03. The van der Waals surface area contributed by atoms with Crippen molar-refractivity contribution in [3.63, 3.8) is 0 Å². The molecule has 1 rings (SSSR count).